The Morgan fingerprint density at radius 1 is 1.00 bits per heavy atom. The highest BCUT2D eigenvalue weighted by Crippen LogP contribution is 2.20. The second kappa shape index (κ2) is 5.61. The lowest BCUT2D eigenvalue weighted by atomic mass is 10.2. The van der Waals surface area contributed by atoms with Crippen LogP contribution in [0.2, 0.25) is 0 Å². The number of halogens is 1. The third kappa shape index (κ3) is 2.56. The van der Waals surface area contributed by atoms with Crippen LogP contribution in [0, 0.1) is 5.82 Å². The molecule has 0 radical (unpaired) electrons. The molecule has 0 saturated heterocycles. The van der Waals surface area contributed by atoms with Gasteiger partial charge in [-0.3, -0.25) is 4.98 Å². The summed E-state index contributed by atoms with van der Waals surface area (Å²) < 4.78 is 13.6. The van der Waals surface area contributed by atoms with Gasteiger partial charge < -0.3 is 5.32 Å². The first-order valence-electron chi connectivity index (χ1n) is 6.37. The van der Waals surface area contributed by atoms with E-state index in [2.05, 4.69) is 20.3 Å². The summed E-state index contributed by atoms with van der Waals surface area (Å²) in [6, 6.07) is 10.7. The zero-order valence-electron chi connectivity index (χ0n) is 10.8. The van der Waals surface area contributed by atoms with E-state index in [-0.39, 0.29) is 5.82 Å². The molecule has 5 heteroatoms. The average molecular weight is 268 g/mol. The molecule has 2 heterocycles. The van der Waals surface area contributed by atoms with Crippen molar-refractivity contribution in [3.8, 4) is 0 Å². The smallest absolute Gasteiger partial charge is 0.149 e. The Labute approximate surface area is 115 Å². The van der Waals surface area contributed by atoms with Gasteiger partial charge in [0.2, 0.25) is 0 Å². The Balaban J connectivity index is 1.76. The number of hydrogen-bond donors (Lipinski definition) is 1. The number of aromatic nitrogens is 3. The van der Waals surface area contributed by atoms with Crippen molar-refractivity contribution in [2.24, 2.45) is 0 Å². The van der Waals surface area contributed by atoms with Crippen LogP contribution in [0.4, 0.5) is 10.2 Å². The van der Waals surface area contributed by atoms with Gasteiger partial charge in [0.1, 0.15) is 23.5 Å². The van der Waals surface area contributed by atoms with Gasteiger partial charge in [-0.05, 0) is 24.3 Å². The van der Waals surface area contributed by atoms with Crippen LogP contribution >= 0.6 is 0 Å². The largest absolute Gasteiger partial charge is 0.369 e. The van der Waals surface area contributed by atoms with Gasteiger partial charge in [0.05, 0.1) is 0 Å². The van der Waals surface area contributed by atoms with Crippen LogP contribution in [-0.2, 0) is 6.42 Å². The Kier molecular flexibility index (Phi) is 3.50. The molecule has 0 unspecified atom stereocenters. The van der Waals surface area contributed by atoms with Crippen LogP contribution in [0.5, 0.6) is 0 Å². The number of anilines is 1. The molecule has 4 nitrogen and oxygen atoms in total. The maximum Gasteiger partial charge on any atom is 0.149 e. The molecule has 0 aliphatic carbocycles. The molecule has 0 aliphatic heterocycles. The summed E-state index contributed by atoms with van der Waals surface area (Å²) in [6.07, 6.45) is 3.92. The highest BCUT2D eigenvalue weighted by atomic mass is 19.1. The van der Waals surface area contributed by atoms with Crippen molar-refractivity contribution in [2.75, 3.05) is 11.9 Å². The number of para-hydroxylation sites is 1. The SMILES string of the molecule is Fc1cccc2c(NCCc3ccccn3)ncnc12. The number of nitrogens with one attached hydrogen (secondary N) is 1. The molecule has 0 amide bonds. The lowest BCUT2D eigenvalue weighted by molar-refractivity contribution is 0.636. The minimum absolute atomic E-state index is 0.335. The minimum Gasteiger partial charge on any atom is -0.369 e. The number of hydrogen-bond acceptors (Lipinski definition) is 4. The third-order valence-electron chi connectivity index (χ3n) is 3.02. The third-order valence-corrected chi connectivity index (χ3v) is 3.02. The fourth-order valence-electron chi connectivity index (χ4n) is 2.05. The van der Waals surface area contributed by atoms with Crippen molar-refractivity contribution in [1.82, 2.24) is 15.0 Å². The molecule has 20 heavy (non-hydrogen) atoms. The molecular weight excluding hydrogens is 255 g/mol. The van der Waals surface area contributed by atoms with Crippen molar-refractivity contribution < 1.29 is 4.39 Å². The summed E-state index contributed by atoms with van der Waals surface area (Å²) in [4.78, 5) is 12.4. The number of fused-ring (bicyclic) bond motifs is 1. The van der Waals surface area contributed by atoms with E-state index >= 15 is 0 Å². The van der Waals surface area contributed by atoms with Gasteiger partial charge in [-0.2, -0.15) is 0 Å². The number of nitrogens with zero attached hydrogens (tertiary/aromatic N) is 3. The number of pyridine rings is 1. The van der Waals surface area contributed by atoms with E-state index in [1.807, 2.05) is 24.3 Å². The predicted octanol–water partition coefficient (Wildman–Crippen LogP) is 2.82. The monoisotopic (exact) mass is 268 g/mol. The normalized spacial score (nSPS) is 10.7. The van der Waals surface area contributed by atoms with Gasteiger partial charge in [0.15, 0.2) is 0 Å². The summed E-state index contributed by atoms with van der Waals surface area (Å²) >= 11 is 0. The topological polar surface area (TPSA) is 50.7 Å². The van der Waals surface area contributed by atoms with Crippen LogP contribution < -0.4 is 5.32 Å². The summed E-state index contributed by atoms with van der Waals surface area (Å²) in [5, 5.41) is 3.89. The maximum absolute atomic E-state index is 13.6. The van der Waals surface area contributed by atoms with Crippen LogP contribution in [0.3, 0.4) is 0 Å². The van der Waals surface area contributed by atoms with E-state index in [9.17, 15) is 4.39 Å². The van der Waals surface area contributed by atoms with Gasteiger partial charge >= 0.3 is 0 Å². The fraction of sp³-hybridized carbons (Fsp3) is 0.133. The molecular formula is C15H13FN4. The van der Waals surface area contributed by atoms with Crippen molar-refractivity contribution >= 4 is 16.7 Å². The molecule has 0 atom stereocenters. The Bertz CT molecular complexity index is 715. The van der Waals surface area contributed by atoms with Crippen LogP contribution in [-0.4, -0.2) is 21.5 Å². The van der Waals surface area contributed by atoms with Gasteiger partial charge in [0, 0.05) is 30.2 Å². The zero-order chi connectivity index (χ0) is 13.8. The standard InChI is InChI=1S/C15H13FN4/c16-13-6-3-5-12-14(13)19-10-20-15(12)18-9-7-11-4-1-2-8-17-11/h1-6,8,10H,7,9H2,(H,18,19,20). The zero-order valence-corrected chi connectivity index (χ0v) is 10.8. The first kappa shape index (κ1) is 12.5. The molecule has 0 fully saturated rings. The van der Waals surface area contributed by atoms with Crippen LogP contribution in [0.1, 0.15) is 5.69 Å². The quantitative estimate of drug-likeness (QED) is 0.790. The lowest BCUT2D eigenvalue weighted by Gasteiger charge is -2.08. The van der Waals surface area contributed by atoms with Crippen molar-refractivity contribution in [3.63, 3.8) is 0 Å². The molecule has 0 bridgehead atoms. The summed E-state index contributed by atoms with van der Waals surface area (Å²) in [5.41, 5.74) is 1.34. The Hall–Kier alpha value is -2.56. The van der Waals surface area contributed by atoms with Gasteiger partial charge in [-0.15, -0.1) is 0 Å². The molecule has 0 aliphatic rings. The number of rotatable bonds is 4. The van der Waals surface area contributed by atoms with Gasteiger partial charge in [0.25, 0.3) is 0 Å². The molecule has 3 rings (SSSR count). The van der Waals surface area contributed by atoms with E-state index in [1.165, 1.54) is 12.4 Å². The molecule has 1 aromatic carbocycles. The minimum atomic E-state index is -0.335. The Morgan fingerprint density at radius 3 is 2.80 bits per heavy atom. The van der Waals surface area contributed by atoms with E-state index in [1.54, 1.807) is 12.3 Å². The predicted molar refractivity (Wildman–Crippen MR) is 75.9 cm³/mol. The van der Waals surface area contributed by atoms with Crippen LogP contribution in [0.15, 0.2) is 48.9 Å². The van der Waals surface area contributed by atoms with Gasteiger partial charge in [-0.1, -0.05) is 12.1 Å². The van der Waals surface area contributed by atoms with Crippen molar-refractivity contribution in [3.05, 3.63) is 60.4 Å². The van der Waals surface area contributed by atoms with E-state index < -0.39 is 0 Å². The molecule has 0 spiro atoms. The van der Waals surface area contributed by atoms with E-state index in [0.29, 0.717) is 23.3 Å². The van der Waals surface area contributed by atoms with E-state index in [4.69, 9.17) is 0 Å². The van der Waals surface area contributed by atoms with Gasteiger partial charge in [-0.25, -0.2) is 14.4 Å². The van der Waals surface area contributed by atoms with E-state index in [0.717, 1.165) is 12.1 Å². The second-order valence-corrected chi connectivity index (χ2v) is 4.36. The molecule has 3 aromatic rings. The lowest BCUT2D eigenvalue weighted by Crippen LogP contribution is -2.08. The highest BCUT2D eigenvalue weighted by molar-refractivity contribution is 5.89. The first-order chi connectivity index (χ1) is 9.84. The molecule has 0 saturated carbocycles. The second-order valence-electron chi connectivity index (χ2n) is 4.36. The highest BCUT2D eigenvalue weighted by Gasteiger charge is 2.06. The maximum atomic E-state index is 13.6. The molecule has 2 aromatic heterocycles. The molecule has 100 valence electrons. The first-order valence-corrected chi connectivity index (χ1v) is 6.37. The summed E-state index contributed by atoms with van der Waals surface area (Å²) in [5.74, 6) is 0.308. The summed E-state index contributed by atoms with van der Waals surface area (Å²) in [7, 11) is 0. The van der Waals surface area contributed by atoms with Crippen molar-refractivity contribution in [2.45, 2.75) is 6.42 Å². The number of benzene rings is 1. The van der Waals surface area contributed by atoms with Crippen molar-refractivity contribution in [1.29, 1.82) is 0 Å². The Morgan fingerprint density at radius 2 is 1.95 bits per heavy atom. The summed E-state index contributed by atoms with van der Waals surface area (Å²) in [6.45, 7) is 0.680. The molecule has 1 N–H and O–H groups in total. The van der Waals surface area contributed by atoms with Crippen LogP contribution in [0.25, 0.3) is 10.9 Å². The fourth-order valence-corrected chi connectivity index (χ4v) is 2.05. The average Bonchev–Trinajstić information content (AvgIpc) is 2.49.